The predicted octanol–water partition coefficient (Wildman–Crippen LogP) is 15.6. The van der Waals surface area contributed by atoms with Gasteiger partial charge in [0.05, 0.1) is 5.69 Å². The number of fused-ring (bicyclic) bond motifs is 8. The van der Waals surface area contributed by atoms with Crippen molar-refractivity contribution in [1.82, 2.24) is 0 Å². The van der Waals surface area contributed by atoms with Gasteiger partial charge in [0.1, 0.15) is 11.2 Å². The predicted molar refractivity (Wildman–Crippen MR) is 235 cm³/mol. The van der Waals surface area contributed by atoms with Gasteiger partial charge in [0.15, 0.2) is 0 Å². The second kappa shape index (κ2) is 12.9. The molecule has 0 spiro atoms. The van der Waals surface area contributed by atoms with Crippen LogP contribution in [0.25, 0.3) is 86.3 Å². The van der Waals surface area contributed by atoms with Gasteiger partial charge in [-0.2, -0.15) is 0 Å². The van der Waals surface area contributed by atoms with Crippen molar-refractivity contribution in [2.24, 2.45) is 0 Å². The van der Waals surface area contributed by atoms with Crippen molar-refractivity contribution in [3.63, 3.8) is 0 Å². The van der Waals surface area contributed by atoms with E-state index in [9.17, 15) is 0 Å². The Morgan fingerprint density at radius 3 is 1.78 bits per heavy atom. The van der Waals surface area contributed by atoms with Crippen LogP contribution in [-0.4, -0.2) is 0 Å². The maximum Gasteiger partial charge on any atom is 0.143 e. The van der Waals surface area contributed by atoms with E-state index in [1.165, 1.54) is 53.2 Å². The Labute approximate surface area is 322 Å². The van der Waals surface area contributed by atoms with E-state index in [1.54, 1.807) is 0 Å². The van der Waals surface area contributed by atoms with Crippen LogP contribution in [0.15, 0.2) is 205 Å². The molecule has 0 aliphatic heterocycles. The zero-order chi connectivity index (χ0) is 36.3. The molecule has 0 atom stereocenters. The number of nitrogens with zero attached hydrogens (tertiary/aromatic N) is 1. The Hall–Kier alpha value is -6.94. The molecule has 258 valence electrons. The van der Waals surface area contributed by atoms with Gasteiger partial charge in [-0.1, -0.05) is 152 Å². The molecule has 2 aromatic heterocycles. The highest BCUT2D eigenvalue weighted by atomic mass is 32.1. The number of para-hydroxylation sites is 3. The standard InChI is InChI=1S/C52H33NOS/c1-2-13-34(14-3-1)40-16-6-9-22-47(40)53(38-29-25-35(26-30-38)42-20-12-21-44-43-18-7-10-23-48(43)54-51(42)44)39-31-27-36(28-32-39)46-33-37-15-4-5-17-41(37)50-45-19-8-11-24-49(45)55-52(46)50/h1-33H. The van der Waals surface area contributed by atoms with Crippen LogP contribution < -0.4 is 4.90 Å². The Balaban J connectivity index is 1.06. The minimum absolute atomic E-state index is 0.908. The summed E-state index contributed by atoms with van der Waals surface area (Å²) < 4.78 is 9.07. The summed E-state index contributed by atoms with van der Waals surface area (Å²) in [5.41, 5.74) is 12.1. The Morgan fingerprint density at radius 2 is 0.982 bits per heavy atom. The molecule has 0 bridgehead atoms. The molecule has 0 N–H and O–H groups in total. The van der Waals surface area contributed by atoms with Crippen LogP contribution in [0, 0.1) is 0 Å². The van der Waals surface area contributed by atoms with E-state index >= 15 is 0 Å². The van der Waals surface area contributed by atoms with Crippen LogP contribution in [0.3, 0.4) is 0 Å². The van der Waals surface area contributed by atoms with E-state index in [4.69, 9.17) is 4.42 Å². The number of furan rings is 1. The van der Waals surface area contributed by atoms with Crippen LogP contribution in [-0.2, 0) is 0 Å². The molecule has 3 heteroatoms. The molecule has 2 nitrogen and oxygen atoms in total. The maximum absolute atomic E-state index is 6.42. The molecule has 0 radical (unpaired) electrons. The average molecular weight is 720 g/mol. The maximum atomic E-state index is 6.42. The number of hydrogen-bond donors (Lipinski definition) is 0. The third-order valence-corrected chi connectivity index (χ3v) is 12.1. The quantitative estimate of drug-likeness (QED) is 0.170. The number of rotatable bonds is 6. The van der Waals surface area contributed by atoms with Crippen LogP contribution in [0.4, 0.5) is 17.1 Å². The van der Waals surface area contributed by atoms with Gasteiger partial charge in [-0.25, -0.2) is 0 Å². The number of benzene rings is 9. The van der Waals surface area contributed by atoms with Crippen molar-refractivity contribution in [2.75, 3.05) is 4.90 Å². The van der Waals surface area contributed by atoms with Crippen LogP contribution >= 0.6 is 11.3 Å². The van der Waals surface area contributed by atoms with Gasteiger partial charge in [0.25, 0.3) is 0 Å². The average Bonchev–Trinajstić information content (AvgIpc) is 3.84. The van der Waals surface area contributed by atoms with E-state index in [0.29, 0.717) is 0 Å². The zero-order valence-electron chi connectivity index (χ0n) is 29.8. The lowest BCUT2D eigenvalue weighted by atomic mass is 9.96. The van der Waals surface area contributed by atoms with Gasteiger partial charge >= 0.3 is 0 Å². The monoisotopic (exact) mass is 719 g/mol. The summed E-state index contributed by atoms with van der Waals surface area (Å²) in [5, 5.41) is 7.50. The smallest absolute Gasteiger partial charge is 0.143 e. The lowest BCUT2D eigenvalue weighted by Crippen LogP contribution is -2.11. The van der Waals surface area contributed by atoms with E-state index in [2.05, 4.69) is 193 Å². The molecule has 11 aromatic rings. The molecule has 55 heavy (non-hydrogen) atoms. The molecule has 11 rings (SSSR count). The number of anilines is 3. The van der Waals surface area contributed by atoms with E-state index in [1.807, 2.05) is 23.5 Å². The lowest BCUT2D eigenvalue weighted by Gasteiger charge is -2.28. The summed E-state index contributed by atoms with van der Waals surface area (Å²) in [6.45, 7) is 0. The number of hydrogen-bond acceptors (Lipinski definition) is 3. The van der Waals surface area contributed by atoms with Gasteiger partial charge in [-0.3, -0.25) is 0 Å². The van der Waals surface area contributed by atoms with Crippen LogP contribution in [0.5, 0.6) is 0 Å². The first-order valence-electron chi connectivity index (χ1n) is 18.7. The first-order valence-corrected chi connectivity index (χ1v) is 19.5. The topological polar surface area (TPSA) is 16.4 Å². The van der Waals surface area contributed by atoms with E-state index < -0.39 is 0 Å². The van der Waals surface area contributed by atoms with Crippen molar-refractivity contribution >= 4 is 81.3 Å². The lowest BCUT2D eigenvalue weighted by molar-refractivity contribution is 0.670. The SMILES string of the molecule is c1ccc(-c2ccccc2N(c2ccc(-c3cccc4c3oc3ccccc34)cc2)c2ccc(-c3cc4ccccc4c4c3sc3ccccc34)cc2)cc1. The fraction of sp³-hybridized carbons (Fsp3) is 0. The van der Waals surface area contributed by atoms with Gasteiger partial charge < -0.3 is 9.32 Å². The molecule has 0 fully saturated rings. The highest BCUT2D eigenvalue weighted by molar-refractivity contribution is 7.26. The molecule has 0 amide bonds. The van der Waals surface area contributed by atoms with Crippen molar-refractivity contribution in [1.29, 1.82) is 0 Å². The number of thiophene rings is 1. The van der Waals surface area contributed by atoms with Gasteiger partial charge in [-0.15, -0.1) is 11.3 Å². The Morgan fingerprint density at radius 1 is 0.400 bits per heavy atom. The molecule has 2 heterocycles. The zero-order valence-corrected chi connectivity index (χ0v) is 30.6. The van der Waals surface area contributed by atoms with Crippen molar-refractivity contribution in [3.05, 3.63) is 200 Å². The molecule has 0 aliphatic rings. The molecular formula is C52H33NOS. The Kier molecular flexibility index (Phi) is 7.39. The molecule has 0 saturated heterocycles. The largest absolute Gasteiger partial charge is 0.455 e. The highest BCUT2D eigenvalue weighted by Gasteiger charge is 2.20. The molecule has 0 saturated carbocycles. The second-order valence-electron chi connectivity index (χ2n) is 14.0. The summed E-state index contributed by atoms with van der Waals surface area (Å²) in [6.07, 6.45) is 0. The second-order valence-corrected chi connectivity index (χ2v) is 15.1. The summed E-state index contributed by atoms with van der Waals surface area (Å²) in [7, 11) is 0. The summed E-state index contributed by atoms with van der Waals surface area (Å²) >= 11 is 1.89. The third kappa shape index (κ3) is 5.24. The van der Waals surface area contributed by atoms with Gasteiger partial charge in [0, 0.05) is 59.0 Å². The summed E-state index contributed by atoms with van der Waals surface area (Å²) in [6, 6.07) is 72.0. The van der Waals surface area contributed by atoms with Crippen LogP contribution in [0.2, 0.25) is 0 Å². The normalized spacial score (nSPS) is 11.6. The first kappa shape index (κ1) is 31.6. The van der Waals surface area contributed by atoms with E-state index in [0.717, 1.165) is 50.1 Å². The van der Waals surface area contributed by atoms with Gasteiger partial charge in [0.2, 0.25) is 0 Å². The highest BCUT2D eigenvalue weighted by Crippen LogP contribution is 2.46. The van der Waals surface area contributed by atoms with Crippen molar-refractivity contribution in [2.45, 2.75) is 0 Å². The van der Waals surface area contributed by atoms with E-state index in [-0.39, 0.29) is 0 Å². The summed E-state index contributed by atoms with van der Waals surface area (Å²) in [4.78, 5) is 2.38. The fourth-order valence-electron chi connectivity index (χ4n) is 8.30. The minimum atomic E-state index is 0.908. The van der Waals surface area contributed by atoms with Crippen LogP contribution in [0.1, 0.15) is 0 Å². The first-order chi connectivity index (χ1) is 27.3. The summed E-state index contributed by atoms with van der Waals surface area (Å²) in [5.74, 6) is 0. The molecule has 0 unspecified atom stereocenters. The fourth-order valence-corrected chi connectivity index (χ4v) is 9.56. The minimum Gasteiger partial charge on any atom is -0.455 e. The molecule has 0 aliphatic carbocycles. The van der Waals surface area contributed by atoms with Crippen molar-refractivity contribution in [3.8, 4) is 33.4 Å². The molecular weight excluding hydrogens is 687 g/mol. The van der Waals surface area contributed by atoms with Crippen molar-refractivity contribution < 1.29 is 4.42 Å². The van der Waals surface area contributed by atoms with Gasteiger partial charge in [-0.05, 0) is 76.0 Å². The Bertz CT molecular complexity index is 3190. The molecule has 9 aromatic carbocycles. The third-order valence-electron chi connectivity index (χ3n) is 10.9.